The Hall–Kier alpha value is -2.62. The third-order valence-corrected chi connectivity index (χ3v) is 4.57. The number of fused-ring (bicyclic) bond motifs is 1. The molecule has 0 bridgehead atoms. The van der Waals surface area contributed by atoms with E-state index < -0.39 is 16.3 Å². The molecular formula is C18H13BrNO6S-. The first-order valence-corrected chi connectivity index (χ1v) is 9.72. The maximum absolute atomic E-state index is 12.8. The number of halogens is 1. The van der Waals surface area contributed by atoms with Gasteiger partial charge < -0.3 is 18.8 Å². The second kappa shape index (κ2) is 7.55. The molecule has 27 heavy (non-hydrogen) atoms. The fourth-order valence-electron chi connectivity index (χ4n) is 2.54. The van der Waals surface area contributed by atoms with Crippen LogP contribution in [0.5, 0.6) is 11.5 Å². The molecule has 9 heteroatoms. The van der Waals surface area contributed by atoms with Gasteiger partial charge in [-0.15, -0.1) is 0 Å². The number of carbonyl (C=O) groups excluding carboxylic acids is 1. The smallest absolute Gasteiger partial charge is 0.262 e. The first-order chi connectivity index (χ1) is 12.8. The number of ether oxygens (including phenoxy) is 1. The largest absolute Gasteiger partial charge is 0.716 e. The van der Waals surface area contributed by atoms with Gasteiger partial charge in [-0.3, -0.25) is 4.79 Å². The zero-order chi connectivity index (χ0) is 19.6. The molecule has 0 spiro atoms. The monoisotopic (exact) mass is 450 g/mol. The van der Waals surface area contributed by atoms with Crippen LogP contribution in [0.2, 0.25) is 0 Å². The van der Waals surface area contributed by atoms with Gasteiger partial charge in [0.2, 0.25) is 0 Å². The highest BCUT2D eigenvalue weighted by Crippen LogP contribution is 2.31. The highest BCUT2D eigenvalue weighted by Gasteiger charge is 2.18. The van der Waals surface area contributed by atoms with Gasteiger partial charge in [-0.1, -0.05) is 34.1 Å². The molecule has 140 valence electrons. The summed E-state index contributed by atoms with van der Waals surface area (Å²) < 4.78 is 43.7. The van der Waals surface area contributed by atoms with E-state index in [1.165, 1.54) is 19.2 Å². The van der Waals surface area contributed by atoms with E-state index in [1.807, 2.05) is 0 Å². The zero-order valence-electron chi connectivity index (χ0n) is 13.9. The first kappa shape index (κ1) is 19.2. The van der Waals surface area contributed by atoms with Crippen molar-refractivity contribution in [3.8, 4) is 11.5 Å². The van der Waals surface area contributed by atoms with E-state index in [0.29, 0.717) is 22.2 Å². The van der Waals surface area contributed by atoms with Crippen LogP contribution >= 0.6 is 15.9 Å². The summed E-state index contributed by atoms with van der Waals surface area (Å²) in [6.07, 6.45) is 0. The van der Waals surface area contributed by atoms with Gasteiger partial charge in [0.25, 0.3) is 16.3 Å². The van der Waals surface area contributed by atoms with Crippen molar-refractivity contribution in [3.63, 3.8) is 0 Å². The van der Waals surface area contributed by atoms with Crippen molar-refractivity contribution in [2.24, 2.45) is 0 Å². The molecule has 3 rings (SSSR count). The normalized spacial score (nSPS) is 11.2. The molecule has 0 atom stereocenters. The minimum atomic E-state index is -5.06. The Morgan fingerprint density at radius 1 is 1.04 bits per heavy atom. The number of hydrogen-bond donors (Lipinski definition) is 1. The van der Waals surface area contributed by atoms with E-state index >= 15 is 0 Å². The lowest BCUT2D eigenvalue weighted by molar-refractivity contribution is 0.102. The van der Waals surface area contributed by atoms with Crippen LogP contribution in [0.1, 0.15) is 10.4 Å². The summed E-state index contributed by atoms with van der Waals surface area (Å²) in [7, 11) is -3.60. The van der Waals surface area contributed by atoms with Crippen molar-refractivity contribution < 1.29 is 26.7 Å². The molecule has 3 aromatic rings. The predicted molar refractivity (Wildman–Crippen MR) is 103 cm³/mol. The molecule has 3 aromatic carbocycles. The quantitative estimate of drug-likeness (QED) is 0.469. The third kappa shape index (κ3) is 4.57. The van der Waals surface area contributed by atoms with Crippen molar-refractivity contribution in [1.29, 1.82) is 0 Å². The number of methoxy groups -OCH3 is 1. The van der Waals surface area contributed by atoms with E-state index in [2.05, 4.69) is 25.4 Å². The fraction of sp³-hybridized carbons (Fsp3) is 0.0556. The standard InChI is InChI=1S/C18H14BrNO6S/c1-25-16-5-3-2-4-15(16)20-18(21)14-9-12-8-13(19)7-6-11(12)10-17(14)26-27(22,23)24/h2-10H,1H3,(H,20,21)(H,22,23,24)/p-1. The number of para-hydroxylation sites is 2. The van der Waals surface area contributed by atoms with Crippen LogP contribution in [0, 0.1) is 0 Å². The highest BCUT2D eigenvalue weighted by atomic mass is 79.9. The van der Waals surface area contributed by atoms with Crippen molar-refractivity contribution in [1.82, 2.24) is 0 Å². The lowest BCUT2D eigenvalue weighted by Gasteiger charge is -2.15. The van der Waals surface area contributed by atoms with Crippen molar-refractivity contribution in [2.75, 3.05) is 12.4 Å². The van der Waals surface area contributed by atoms with E-state index in [-0.39, 0.29) is 11.3 Å². The molecule has 0 heterocycles. The molecule has 1 N–H and O–H groups in total. The average Bonchev–Trinajstić information content (AvgIpc) is 2.60. The van der Waals surface area contributed by atoms with Crippen molar-refractivity contribution in [3.05, 3.63) is 64.6 Å². The molecule has 0 aromatic heterocycles. The van der Waals surface area contributed by atoms with Gasteiger partial charge in [0.05, 0.1) is 18.4 Å². The summed E-state index contributed by atoms with van der Waals surface area (Å²) in [4.78, 5) is 12.8. The van der Waals surface area contributed by atoms with Crippen molar-refractivity contribution in [2.45, 2.75) is 0 Å². The van der Waals surface area contributed by atoms with E-state index in [0.717, 1.165) is 4.47 Å². The average molecular weight is 451 g/mol. The molecule has 7 nitrogen and oxygen atoms in total. The van der Waals surface area contributed by atoms with Crippen LogP contribution in [-0.4, -0.2) is 26.0 Å². The summed E-state index contributed by atoms with van der Waals surface area (Å²) in [6, 6.07) is 14.7. The number of benzene rings is 3. The lowest BCUT2D eigenvalue weighted by Crippen LogP contribution is -2.16. The van der Waals surface area contributed by atoms with E-state index in [4.69, 9.17) is 4.74 Å². The Kier molecular flexibility index (Phi) is 5.36. The van der Waals surface area contributed by atoms with Crippen LogP contribution in [0.4, 0.5) is 5.69 Å². The molecule has 0 radical (unpaired) electrons. The molecule has 0 aliphatic carbocycles. The van der Waals surface area contributed by atoms with E-state index in [9.17, 15) is 17.8 Å². The van der Waals surface area contributed by atoms with Gasteiger partial charge in [-0.05, 0) is 47.2 Å². The summed E-state index contributed by atoms with van der Waals surface area (Å²) in [6.45, 7) is 0. The van der Waals surface area contributed by atoms with E-state index in [1.54, 1.807) is 42.5 Å². The van der Waals surface area contributed by atoms with Gasteiger partial charge in [-0.2, -0.15) is 0 Å². The fourth-order valence-corrected chi connectivity index (χ4v) is 3.28. The summed E-state index contributed by atoms with van der Waals surface area (Å²) >= 11 is 3.34. The summed E-state index contributed by atoms with van der Waals surface area (Å²) in [5.74, 6) is -0.583. The van der Waals surface area contributed by atoms with Crippen molar-refractivity contribution >= 4 is 48.7 Å². The molecule has 0 aliphatic rings. The van der Waals surface area contributed by atoms with Gasteiger partial charge in [0.1, 0.15) is 5.75 Å². The minimum absolute atomic E-state index is 0.106. The van der Waals surface area contributed by atoms with Crippen LogP contribution in [0.3, 0.4) is 0 Å². The molecule has 0 saturated carbocycles. The third-order valence-electron chi connectivity index (χ3n) is 3.69. The molecule has 0 aliphatic heterocycles. The Labute approximate surface area is 164 Å². The van der Waals surface area contributed by atoms with Gasteiger partial charge >= 0.3 is 0 Å². The maximum Gasteiger partial charge on any atom is 0.262 e. The van der Waals surface area contributed by atoms with Gasteiger partial charge in [0, 0.05) is 4.47 Å². The van der Waals surface area contributed by atoms with Crippen LogP contribution in [-0.2, 0) is 10.4 Å². The summed E-state index contributed by atoms with van der Waals surface area (Å²) in [5, 5.41) is 3.89. The number of nitrogens with one attached hydrogen (secondary N) is 1. The van der Waals surface area contributed by atoms with Crippen LogP contribution < -0.4 is 14.2 Å². The first-order valence-electron chi connectivity index (χ1n) is 7.60. The second-order valence-corrected chi connectivity index (χ2v) is 7.38. The number of hydrogen-bond acceptors (Lipinski definition) is 6. The number of anilines is 1. The SMILES string of the molecule is COc1ccccc1NC(=O)c1cc2cc(Br)ccc2cc1OS(=O)(=O)[O-]. The Morgan fingerprint density at radius 2 is 1.78 bits per heavy atom. The lowest BCUT2D eigenvalue weighted by atomic mass is 10.1. The van der Waals surface area contributed by atoms with Gasteiger partial charge in [0.15, 0.2) is 5.75 Å². The molecule has 0 fully saturated rings. The maximum atomic E-state index is 12.8. The predicted octanol–water partition coefficient (Wildman–Crippen LogP) is 3.70. The van der Waals surface area contributed by atoms with Crippen LogP contribution in [0.15, 0.2) is 59.1 Å². The Bertz CT molecular complexity index is 1130. The second-order valence-electron chi connectivity index (χ2n) is 5.49. The highest BCUT2D eigenvalue weighted by molar-refractivity contribution is 9.10. The minimum Gasteiger partial charge on any atom is -0.716 e. The number of rotatable bonds is 5. The number of amides is 1. The summed E-state index contributed by atoms with van der Waals surface area (Å²) in [5.41, 5.74) is 0.279. The molecular weight excluding hydrogens is 438 g/mol. The molecule has 0 unspecified atom stereocenters. The number of carbonyl (C=O) groups is 1. The Balaban J connectivity index is 2.09. The zero-order valence-corrected chi connectivity index (χ0v) is 16.3. The molecule has 1 amide bonds. The topological polar surface area (TPSA) is 105 Å². The molecule has 0 saturated heterocycles. The van der Waals surface area contributed by atoms with Crippen LogP contribution in [0.25, 0.3) is 10.8 Å². The van der Waals surface area contributed by atoms with Gasteiger partial charge in [-0.25, -0.2) is 8.42 Å². The Morgan fingerprint density at radius 3 is 2.48 bits per heavy atom.